The van der Waals surface area contributed by atoms with Gasteiger partial charge in [-0.2, -0.15) is 0 Å². The lowest BCUT2D eigenvalue weighted by Gasteiger charge is -2.41. The Hall–Kier alpha value is -1.97. The van der Waals surface area contributed by atoms with Crippen LogP contribution in [0.3, 0.4) is 0 Å². The van der Waals surface area contributed by atoms with E-state index in [9.17, 15) is 0 Å². The summed E-state index contributed by atoms with van der Waals surface area (Å²) in [4.78, 5) is 0. The number of fused-ring (bicyclic) bond motifs is 4. The number of rotatable bonds is 0. The van der Waals surface area contributed by atoms with Crippen molar-refractivity contribution in [2.75, 3.05) is 0 Å². The number of nitrogens with two attached hydrogens (primary N) is 1. The molecule has 5 rings (SSSR count). The molecule has 3 aliphatic rings. The average molecular weight is 338 g/mol. The van der Waals surface area contributed by atoms with Gasteiger partial charge in [0.15, 0.2) is 0 Å². The van der Waals surface area contributed by atoms with Crippen molar-refractivity contribution in [2.24, 2.45) is 10.9 Å². The van der Waals surface area contributed by atoms with Gasteiger partial charge in [0, 0.05) is 17.0 Å². The number of benzene rings is 1. The second-order valence-electron chi connectivity index (χ2n) is 8.00. The number of aryl methyl sites for hydroxylation is 2. The van der Waals surface area contributed by atoms with Gasteiger partial charge in [-0.05, 0) is 81.4 Å². The van der Waals surface area contributed by atoms with Crippen LogP contribution in [0.4, 0.5) is 0 Å². The molecular weight excluding hydrogens is 312 g/mol. The van der Waals surface area contributed by atoms with Crippen molar-refractivity contribution < 1.29 is 9.15 Å². The largest absolute Gasteiger partial charge is 0.487 e. The minimum atomic E-state index is 0.0637. The first-order chi connectivity index (χ1) is 12.3. The van der Waals surface area contributed by atoms with E-state index in [1.54, 1.807) is 0 Å². The number of nitrogens with zero attached hydrogens (tertiary/aromatic N) is 1. The molecule has 1 saturated carbocycles. The molecule has 0 amide bonds. The van der Waals surface area contributed by atoms with Crippen LogP contribution in [0.15, 0.2) is 21.7 Å². The average Bonchev–Trinajstić information content (AvgIpc) is 2.66. The SMILES string of the molecule is N/N=c1\oc2cc3c(cc2c2c1CCCC2)CCC1(CCCCC1)O3. The first-order valence-corrected chi connectivity index (χ1v) is 9.82. The predicted octanol–water partition coefficient (Wildman–Crippen LogP) is 4.11. The number of hydrogen-bond acceptors (Lipinski definition) is 4. The van der Waals surface area contributed by atoms with Gasteiger partial charge in [-0.25, -0.2) is 0 Å². The van der Waals surface area contributed by atoms with E-state index >= 15 is 0 Å². The topological polar surface area (TPSA) is 60.8 Å². The third-order valence-corrected chi connectivity index (χ3v) is 6.48. The summed E-state index contributed by atoms with van der Waals surface area (Å²) in [6.45, 7) is 0. The summed E-state index contributed by atoms with van der Waals surface area (Å²) in [6.07, 6.45) is 13.1. The highest BCUT2D eigenvalue weighted by molar-refractivity contribution is 5.84. The van der Waals surface area contributed by atoms with Crippen molar-refractivity contribution in [2.45, 2.75) is 76.2 Å². The van der Waals surface area contributed by atoms with Crippen LogP contribution >= 0.6 is 0 Å². The summed E-state index contributed by atoms with van der Waals surface area (Å²) in [5.74, 6) is 6.63. The Morgan fingerprint density at radius 2 is 1.68 bits per heavy atom. The summed E-state index contributed by atoms with van der Waals surface area (Å²) >= 11 is 0. The quantitative estimate of drug-likeness (QED) is 0.581. The molecule has 1 aliphatic heterocycles. The second-order valence-corrected chi connectivity index (χ2v) is 8.00. The third-order valence-electron chi connectivity index (χ3n) is 6.48. The summed E-state index contributed by atoms with van der Waals surface area (Å²) in [5.41, 5.74) is 5.47. The molecule has 0 atom stereocenters. The van der Waals surface area contributed by atoms with Crippen LogP contribution in [-0.4, -0.2) is 5.60 Å². The minimum Gasteiger partial charge on any atom is -0.487 e. The van der Waals surface area contributed by atoms with Gasteiger partial charge in [0.05, 0.1) is 0 Å². The van der Waals surface area contributed by atoms with Crippen LogP contribution in [-0.2, 0) is 19.3 Å². The molecule has 1 aromatic carbocycles. The molecule has 2 N–H and O–H groups in total. The predicted molar refractivity (Wildman–Crippen MR) is 97.4 cm³/mol. The Morgan fingerprint density at radius 3 is 2.48 bits per heavy atom. The molecule has 2 aliphatic carbocycles. The van der Waals surface area contributed by atoms with Crippen LogP contribution in [0, 0.1) is 0 Å². The number of hydrogen-bond donors (Lipinski definition) is 1. The highest BCUT2D eigenvalue weighted by Gasteiger charge is 2.37. The molecule has 1 spiro atoms. The van der Waals surface area contributed by atoms with E-state index in [1.807, 2.05) is 0 Å². The van der Waals surface area contributed by atoms with Crippen molar-refractivity contribution in [3.63, 3.8) is 0 Å². The Bertz CT molecular complexity index is 891. The van der Waals surface area contributed by atoms with Gasteiger partial charge in [-0.3, -0.25) is 0 Å². The van der Waals surface area contributed by atoms with Crippen molar-refractivity contribution in [1.82, 2.24) is 0 Å². The zero-order valence-corrected chi connectivity index (χ0v) is 14.8. The summed E-state index contributed by atoms with van der Waals surface area (Å²) in [6, 6.07) is 4.41. The van der Waals surface area contributed by atoms with Crippen molar-refractivity contribution in [3.8, 4) is 5.75 Å². The molecule has 0 radical (unpaired) electrons. The molecule has 2 aromatic rings. The van der Waals surface area contributed by atoms with Crippen molar-refractivity contribution >= 4 is 11.0 Å². The molecule has 1 fully saturated rings. The van der Waals surface area contributed by atoms with Gasteiger partial charge in [-0.15, -0.1) is 5.10 Å². The summed E-state index contributed by atoms with van der Waals surface area (Å²) in [7, 11) is 0. The van der Waals surface area contributed by atoms with E-state index in [0.29, 0.717) is 5.55 Å². The second kappa shape index (κ2) is 5.79. The lowest BCUT2D eigenvalue weighted by atomic mass is 9.78. The normalized spacial score (nSPS) is 22.5. The van der Waals surface area contributed by atoms with Crippen LogP contribution in [0.1, 0.15) is 68.1 Å². The van der Waals surface area contributed by atoms with Crippen LogP contribution < -0.4 is 16.1 Å². The van der Waals surface area contributed by atoms with Crippen LogP contribution in [0.5, 0.6) is 5.75 Å². The van der Waals surface area contributed by atoms with Crippen molar-refractivity contribution in [1.29, 1.82) is 0 Å². The maximum Gasteiger partial charge on any atom is 0.239 e. The molecule has 1 aromatic heterocycles. The molecule has 25 heavy (non-hydrogen) atoms. The Kier molecular flexibility index (Phi) is 3.54. The van der Waals surface area contributed by atoms with E-state index in [1.165, 1.54) is 67.0 Å². The van der Waals surface area contributed by atoms with E-state index in [0.717, 1.165) is 37.0 Å². The fraction of sp³-hybridized carbons (Fsp3) is 0.571. The zero-order valence-electron chi connectivity index (χ0n) is 14.8. The van der Waals surface area contributed by atoms with Gasteiger partial charge >= 0.3 is 0 Å². The van der Waals surface area contributed by atoms with Gasteiger partial charge in [0.1, 0.15) is 16.9 Å². The lowest BCUT2D eigenvalue weighted by Crippen LogP contribution is -2.41. The lowest BCUT2D eigenvalue weighted by molar-refractivity contribution is 0.0109. The Balaban J connectivity index is 1.65. The first kappa shape index (κ1) is 15.3. The maximum absolute atomic E-state index is 6.56. The molecule has 4 nitrogen and oxygen atoms in total. The highest BCUT2D eigenvalue weighted by Crippen LogP contribution is 2.43. The molecule has 0 saturated heterocycles. The van der Waals surface area contributed by atoms with E-state index < -0.39 is 0 Å². The Labute approximate surface area is 148 Å². The van der Waals surface area contributed by atoms with Crippen LogP contribution in [0.25, 0.3) is 11.0 Å². The third kappa shape index (κ3) is 2.45. The Morgan fingerprint density at radius 1 is 0.880 bits per heavy atom. The fourth-order valence-corrected chi connectivity index (χ4v) is 5.12. The van der Waals surface area contributed by atoms with Crippen LogP contribution in [0.2, 0.25) is 0 Å². The molecule has 0 unspecified atom stereocenters. The van der Waals surface area contributed by atoms with Gasteiger partial charge in [0.2, 0.25) is 5.55 Å². The minimum absolute atomic E-state index is 0.0637. The number of ether oxygens (including phenoxy) is 1. The molecular formula is C21H26N2O2. The molecule has 2 heterocycles. The summed E-state index contributed by atoms with van der Waals surface area (Å²) in [5, 5.41) is 5.16. The van der Waals surface area contributed by atoms with E-state index in [-0.39, 0.29) is 5.60 Å². The van der Waals surface area contributed by atoms with Gasteiger partial charge < -0.3 is 15.0 Å². The van der Waals surface area contributed by atoms with Gasteiger partial charge in [0.25, 0.3) is 0 Å². The summed E-state index contributed by atoms with van der Waals surface area (Å²) < 4.78 is 12.6. The smallest absolute Gasteiger partial charge is 0.239 e. The fourth-order valence-electron chi connectivity index (χ4n) is 5.12. The first-order valence-electron chi connectivity index (χ1n) is 9.82. The standard InChI is InChI=1S/C21H26N2O2/c22-23-20-16-7-3-2-6-15(16)17-12-14-8-11-21(9-4-1-5-10-21)25-18(14)13-19(17)24-20/h12-13H,1-11,22H2/b23-20-. The highest BCUT2D eigenvalue weighted by atomic mass is 16.5. The van der Waals surface area contributed by atoms with Gasteiger partial charge in [-0.1, -0.05) is 6.42 Å². The molecule has 132 valence electrons. The monoisotopic (exact) mass is 338 g/mol. The molecule has 0 bridgehead atoms. The maximum atomic E-state index is 6.56. The van der Waals surface area contributed by atoms with E-state index in [4.69, 9.17) is 15.0 Å². The zero-order chi connectivity index (χ0) is 16.9. The molecule has 4 heteroatoms. The van der Waals surface area contributed by atoms with E-state index in [2.05, 4.69) is 17.2 Å². The van der Waals surface area contributed by atoms with Crippen molar-refractivity contribution in [3.05, 3.63) is 34.4 Å².